The highest BCUT2D eigenvalue weighted by Gasteiger charge is 2.25. The molecule has 0 fully saturated rings. The molecule has 0 saturated carbocycles. The molecule has 1 rings (SSSR count). The molecule has 0 saturated heterocycles. The van der Waals surface area contributed by atoms with Crippen LogP contribution in [0.1, 0.15) is 11.7 Å². The van der Waals surface area contributed by atoms with Crippen molar-refractivity contribution in [2.75, 3.05) is 0 Å². The zero-order valence-electron chi connectivity index (χ0n) is 7.73. The summed E-state index contributed by atoms with van der Waals surface area (Å²) < 4.78 is 40.9. The first-order valence-corrected chi connectivity index (χ1v) is 4.07. The van der Waals surface area contributed by atoms with Crippen LogP contribution in [0.5, 0.6) is 5.75 Å². The first kappa shape index (κ1) is 12.3. The Morgan fingerprint density at radius 2 is 2.00 bits per heavy atom. The first-order chi connectivity index (χ1) is 7.43. The van der Waals surface area contributed by atoms with Gasteiger partial charge in [-0.1, -0.05) is 6.07 Å². The van der Waals surface area contributed by atoms with Crippen molar-refractivity contribution in [1.29, 1.82) is 0 Å². The normalized spacial score (nSPS) is 12.6. The molecular weight excluding hydrogens is 229 g/mol. The molecule has 1 aromatic rings. The smallest absolute Gasteiger partial charge is 0.387 e. The summed E-state index contributed by atoms with van der Waals surface area (Å²) in [5.41, 5.74) is -0.824. The number of rotatable bonds is 4. The van der Waals surface area contributed by atoms with Crippen molar-refractivity contribution in [2.24, 2.45) is 0 Å². The third-order valence-electron chi connectivity index (χ3n) is 1.74. The molecule has 16 heavy (non-hydrogen) atoms. The number of carboxylic acid groups (broad SMARTS) is 1. The molecule has 1 atom stereocenters. The Labute approximate surface area is 87.9 Å². The van der Waals surface area contributed by atoms with Gasteiger partial charge in [-0.15, -0.1) is 0 Å². The van der Waals surface area contributed by atoms with Gasteiger partial charge in [-0.2, -0.15) is 8.78 Å². The average Bonchev–Trinajstić information content (AvgIpc) is 2.16. The summed E-state index contributed by atoms with van der Waals surface area (Å²) in [6.45, 7) is -3.23. The number of aliphatic carboxylic acids is 1. The number of carboxylic acids is 1. The van der Waals surface area contributed by atoms with Crippen molar-refractivity contribution < 1.29 is 32.9 Å². The van der Waals surface area contributed by atoms with Crippen LogP contribution in [0.2, 0.25) is 0 Å². The third-order valence-corrected chi connectivity index (χ3v) is 1.74. The molecule has 4 nitrogen and oxygen atoms in total. The van der Waals surface area contributed by atoms with Gasteiger partial charge in [-0.25, -0.2) is 9.18 Å². The van der Waals surface area contributed by atoms with Crippen LogP contribution in [0.25, 0.3) is 0 Å². The van der Waals surface area contributed by atoms with E-state index in [1.54, 1.807) is 0 Å². The maximum atomic E-state index is 13.2. The number of ether oxygens (including phenoxy) is 1. The molecule has 88 valence electrons. The number of carbonyl (C=O) groups is 1. The third kappa shape index (κ3) is 2.63. The largest absolute Gasteiger partial charge is 0.479 e. The molecule has 0 bridgehead atoms. The van der Waals surface area contributed by atoms with Gasteiger partial charge in [-0.05, 0) is 12.1 Å². The summed E-state index contributed by atoms with van der Waals surface area (Å²) in [4.78, 5) is 10.4. The fourth-order valence-electron chi connectivity index (χ4n) is 1.10. The number of aliphatic hydroxyl groups is 1. The van der Waals surface area contributed by atoms with Gasteiger partial charge in [0.25, 0.3) is 0 Å². The molecule has 0 spiro atoms. The minimum atomic E-state index is -3.23. The van der Waals surface area contributed by atoms with Crippen molar-refractivity contribution in [2.45, 2.75) is 12.7 Å². The molecule has 0 aromatic heterocycles. The second-order valence-corrected chi connectivity index (χ2v) is 2.77. The monoisotopic (exact) mass is 236 g/mol. The number of hydrogen-bond donors (Lipinski definition) is 2. The second kappa shape index (κ2) is 4.84. The van der Waals surface area contributed by atoms with Gasteiger partial charge in [0, 0.05) is 0 Å². The van der Waals surface area contributed by atoms with Crippen LogP contribution in [0.3, 0.4) is 0 Å². The summed E-state index contributed by atoms with van der Waals surface area (Å²) in [6, 6.07) is 2.83. The van der Waals surface area contributed by atoms with Crippen molar-refractivity contribution in [1.82, 2.24) is 0 Å². The van der Waals surface area contributed by atoms with Crippen LogP contribution >= 0.6 is 0 Å². The number of halogens is 3. The summed E-state index contributed by atoms with van der Waals surface area (Å²) in [5.74, 6) is -3.60. The molecule has 1 unspecified atom stereocenters. The lowest BCUT2D eigenvalue weighted by Crippen LogP contribution is -2.15. The van der Waals surface area contributed by atoms with E-state index < -0.39 is 35.8 Å². The average molecular weight is 236 g/mol. The zero-order valence-corrected chi connectivity index (χ0v) is 7.73. The van der Waals surface area contributed by atoms with Crippen molar-refractivity contribution in [3.05, 3.63) is 29.6 Å². The van der Waals surface area contributed by atoms with Crippen LogP contribution in [0, 0.1) is 5.82 Å². The zero-order chi connectivity index (χ0) is 12.3. The standard InChI is InChI=1S/C9H7F3O4/c10-4-2-1-3-5(16-9(11)12)6(4)7(13)8(14)15/h1-3,7,9,13H,(H,14,15). The van der Waals surface area contributed by atoms with Crippen LogP contribution in [0.15, 0.2) is 18.2 Å². The summed E-state index contributed by atoms with van der Waals surface area (Å²) in [7, 11) is 0. The lowest BCUT2D eigenvalue weighted by atomic mass is 10.1. The number of hydrogen-bond acceptors (Lipinski definition) is 3. The molecule has 0 radical (unpaired) electrons. The van der Waals surface area contributed by atoms with Gasteiger partial charge < -0.3 is 14.9 Å². The lowest BCUT2D eigenvalue weighted by molar-refractivity contribution is -0.147. The van der Waals surface area contributed by atoms with E-state index in [9.17, 15) is 18.0 Å². The van der Waals surface area contributed by atoms with E-state index in [4.69, 9.17) is 10.2 Å². The van der Waals surface area contributed by atoms with E-state index in [0.717, 1.165) is 18.2 Å². The number of alkyl halides is 2. The summed E-state index contributed by atoms with van der Waals surface area (Å²) in [6.07, 6.45) is -2.25. The highest BCUT2D eigenvalue weighted by molar-refractivity contribution is 5.75. The van der Waals surface area contributed by atoms with E-state index in [1.807, 2.05) is 0 Å². The highest BCUT2D eigenvalue weighted by Crippen LogP contribution is 2.29. The van der Waals surface area contributed by atoms with Gasteiger partial charge in [-0.3, -0.25) is 0 Å². The van der Waals surface area contributed by atoms with Gasteiger partial charge in [0.2, 0.25) is 0 Å². The van der Waals surface area contributed by atoms with Gasteiger partial charge >= 0.3 is 12.6 Å². The molecule has 0 aliphatic rings. The van der Waals surface area contributed by atoms with E-state index in [-0.39, 0.29) is 0 Å². The van der Waals surface area contributed by atoms with Crippen LogP contribution < -0.4 is 4.74 Å². The number of benzene rings is 1. The Balaban J connectivity index is 3.17. The van der Waals surface area contributed by atoms with Gasteiger partial charge in [0.1, 0.15) is 11.6 Å². The topological polar surface area (TPSA) is 66.8 Å². The molecular formula is C9H7F3O4. The SMILES string of the molecule is O=C(O)C(O)c1c(F)cccc1OC(F)F. The Bertz CT molecular complexity index is 394. The summed E-state index contributed by atoms with van der Waals surface area (Å²) in [5, 5.41) is 17.6. The maximum absolute atomic E-state index is 13.2. The Morgan fingerprint density at radius 3 is 2.50 bits per heavy atom. The quantitative estimate of drug-likeness (QED) is 0.832. The van der Waals surface area contributed by atoms with Crippen molar-refractivity contribution >= 4 is 5.97 Å². The molecule has 0 aliphatic carbocycles. The predicted molar refractivity (Wildman–Crippen MR) is 45.6 cm³/mol. The Morgan fingerprint density at radius 1 is 1.38 bits per heavy atom. The number of aliphatic hydroxyl groups excluding tert-OH is 1. The lowest BCUT2D eigenvalue weighted by Gasteiger charge is -2.13. The minimum absolute atomic E-state index is 0.704. The van der Waals surface area contributed by atoms with Crippen molar-refractivity contribution in [3.63, 3.8) is 0 Å². The Kier molecular flexibility index (Phi) is 3.73. The maximum Gasteiger partial charge on any atom is 0.387 e. The molecule has 7 heteroatoms. The van der Waals surface area contributed by atoms with E-state index in [2.05, 4.69) is 4.74 Å². The van der Waals surface area contributed by atoms with E-state index in [1.165, 1.54) is 0 Å². The molecule has 0 heterocycles. The molecule has 2 N–H and O–H groups in total. The van der Waals surface area contributed by atoms with Gasteiger partial charge in [0.15, 0.2) is 6.10 Å². The Hall–Kier alpha value is -1.76. The molecule has 0 amide bonds. The molecule has 0 aliphatic heterocycles. The summed E-state index contributed by atoms with van der Waals surface area (Å²) >= 11 is 0. The van der Waals surface area contributed by atoms with Gasteiger partial charge in [0.05, 0.1) is 5.56 Å². The van der Waals surface area contributed by atoms with Crippen LogP contribution in [0.4, 0.5) is 13.2 Å². The van der Waals surface area contributed by atoms with Crippen LogP contribution in [-0.4, -0.2) is 22.8 Å². The van der Waals surface area contributed by atoms with E-state index >= 15 is 0 Å². The second-order valence-electron chi connectivity index (χ2n) is 2.77. The molecule has 1 aromatic carbocycles. The van der Waals surface area contributed by atoms with E-state index in [0.29, 0.717) is 0 Å². The first-order valence-electron chi connectivity index (χ1n) is 4.07. The highest BCUT2D eigenvalue weighted by atomic mass is 19.3. The fraction of sp³-hybridized carbons (Fsp3) is 0.222. The van der Waals surface area contributed by atoms with Crippen LogP contribution in [-0.2, 0) is 4.79 Å². The fourth-order valence-corrected chi connectivity index (χ4v) is 1.10. The van der Waals surface area contributed by atoms with Crippen molar-refractivity contribution in [3.8, 4) is 5.75 Å². The predicted octanol–water partition coefficient (Wildman–Crippen LogP) is 1.55. The minimum Gasteiger partial charge on any atom is -0.479 e.